The predicted octanol–water partition coefficient (Wildman–Crippen LogP) is 1.16. The SMILES string of the molecule is CC1NC(SCc2cccc([N+](=O)[O-])c2)C2C(=O)N(C)C(=O)N(C)C2N1. The van der Waals surface area contributed by atoms with Crippen LogP contribution in [0.2, 0.25) is 0 Å². The summed E-state index contributed by atoms with van der Waals surface area (Å²) < 4.78 is 0. The molecule has 3 amide bonds. The molecule has 0 aromatic heterocycles. The topological polar surface area (TPSA) is 108 Å². The van der Waals surface area contributed by atoms with Gasteiger partial charge in [-0.2, -0.15) is 0 Å². The Morgan fingerprint density at radius 2 is 2.00 bits per heavy atom. The molecule has 2 heterocycles. The number of amides is 3. The van der Waals surface area contributed by atoms with E-state index in [2.05, 4.69) is 10.6 Å². The molecule has 2 aliphatic heterocycles. The third-order valence-corrected chi connectivity index (χ3v) is 5.96. The Morgan fingerprint density at radius 3 is 2.69 bits per heavy atom. The average molecular weight is 379 g/mol. The number of carbonyl (C=O) groups excluding carboxylic acids is 2. The minimum Gasteiger partial charge on any atom is -0.311 e. The van der Waals surface area contributed by atoms with E-state index >= 15 is 0 Å². The van der Waals surface area contributed by atoms with E-state index in [0.717, 1.165) is 10.5 Å². The Labute approximate surface area is 155 Å². The van der Waals surface area contributed by atoms with Gasteiger partial charge in [-0.05, 0) is 12.5 Å². The van der Waals surface area contributed by atoms with Gasteiger partial charge in [-0.15, -0.1) is 11.8 Å². The molecule has 2 fully saturated rings. The molecule has 4 atom stereocenters. The van der Waals surface area contributed by atoms with Crippen molar-refractivity contribution in [2.45, 2.75) is 30.4 Å². The highest BCUT2D eigenvalue weighted by Crippen LogP contribution is 2.33. The van der Waals surface area contributed by atoms with Crippen LogP contribution in [0.5, 0.6) is 0 Å². The minimum absolute atomic E-state index is 0.0476. The van der Waals surface area contributed by atoms with Gasteiger partial charge in [0.15, 0.2) is 0 Å². The second kappa shape index (κ2) is 7.22. The van der Waals surface area contributed by atoms with Gasteiger partial charge in [-0.1, -0.05) is 12.1 Å². The number of fused-ring (bicyclic) bond motifs is 1. The number of thioether (sulfide) groups is 1. The number of rotatable bonds is 4. The molecular weight excluding hydrogens is 358 g/mol. The second-order valence-corrected chi connectivity index (χ2v) is 7.60. The first-order valence-corrected chi connectivity index (χ1v) is 9.26. The highest BCUT2D eigenvalue weighted by Gasteiger charge is 2.50. The number of hydrogen-bond acceptors (Lipinski definition) is 7. The molecule has 1 aromatic rings. The van der Waals surface area contributed by atoms with Crippen molar-refractivity contribution in [3.8, 4) is 0 Å². The van der Waals surface area contributed by atoms with Gasteiger partial charge >= 0.3 is 6.03 Å². The van der Waals surface area contributed by atoms with Gasteiger partial charge in [0.1, 0.15) is 0 Å². The van der Waals surface area contributed by atoms with E-state index in [1.165, 1.54) is 24.9 Å². The first-order chi connectivity index (χ1) is 12.3. The van der Waals surface area contributed by atoms with E-state index in [1.54, 1.807) is 24.1 Å². The van der Waals surface area contributed by atoms with Gasteiger partial charge in [0, 0.05) is 32.0 Å². The van der Waals surface area contributed by atoms with Gasteiger partial charge in [-0.3, -0.25) is 30.4 Å². The lowest BCUT2D eigenvalue weighted by molar-refractivity contribution is -0.384. The summed E-state index contributed by atoms with van der Waals surface area (Å²) in [6.45, 7) is 1.93. The lowest BCUT2D eigenvalue weighted by Gasteiger charge is -2.49. The van der Waals surface area contributed by atoms with Crippen LogP contribution >= 0.6 is 11.8 Å². The number of nitrogens with zero attached hydrogens (tertiary/aromatic N) is 3. The molecule has 2 aliphatic rings. The summed E-state index contributed by atoms with van der Waals surface area (Å²) in [7, 11) is 3.16. The summed E-state index contributed by atoms with van der Waals surface area (Å²) in [5.41, 5.74) is 0.862. The number of nitrogens with one attached hydrogen (secondary N) is 2. The van der Waals surface area contributed by atoms with Crippen molar-refractivity contribution in [3.05, 3.63) is 39.9 Å². The molecule has 0 aliphatic carbocycles. The normalized spacial score (nSPS) is 28.9. The Morgan fingerprint density at radius 1 is 1.27 bits per heavy atom. The average Bonchev–Trinajstić information content (AvgIpc) is 2.62. The van der Waals surface area contributed by atoms with Crippen LogP contribution in [0.15, 0.2) is 24.3 Å². The van der Waals surface area contributed by atoms with Gasteiger partial charge < -0.3 is 4.90 Å². The van der Waals surface area contributed by atoms with E-state index in [1.807, 2.05) is 13.0 Å². The van der Waals surface area contributed by atoms with Gasteiger partial charge in [0.05, 0.1) is 28.5 Å². The summed E-state index contributed by atoms with van der Waals surface area (Å²) >= 11 is 1.51. The van der Waals surface area contributed by atoms with Crippen LogP contribution in [-0.4, -0.2) is 58.5 Å². The highest BCUT2D eigenvalue weighted by atomic mass is 32.2. The van der Waals surface area contributed by atoms with E-state index in [-0.39, 0.29) is 35.3 Å². The van der Waals surface area contributed by atoms with Gasteiger partial charge in [-0.25, -0.2) is 4.79 Å². The number of benzene rings is 1. The third kappa shape index (κ3) is 3.39. The summed E-state index contributed by atoms with van der Waals surface area (Å²) in [4.78, 5) is 38.1. The summed E-state index contributed by atoms with van der Waals surface area (Å²) in [6.07, 6.45) is -0.463. The quantitative estimate of drug-likeness (QED) is 0.597. The Kier molecular flexibility index (Phi) is 5.17. The molecule has 0 bridgehead atoms. The third-order valence-electron chi connectivity index (χ3n) is 4.67. The fourth-order valence-electron chi connectivity index (χ4n) is 3.31. The maximum atomic E-state index is 12.7. The van der Waals surface area contributed by atoms with Crippen molar-refractivity contribution in [2.75, 3.05) is 14.1 Å². The first kappa shape index (κ1) is 18.6. The smallest absolute Gasteiger partial charge is 0.311 e. The molecule has 0 spiro atoms. The van der Waals surface area contributed by atoms with Crippen molar-refractivity contribution in [3.63, 3.8) is 0 Å². The fourth-order valence-corrected chi connectivity index (χ4v) is 4.64. The van der Waals surface area contributed by atoms with Crippen LogP contribution in [-0.2, 0) is 10.5 Å². The zero-order valence-corrected chi connectivity index (χ0v) is 15.5. The van der Waals surface area contributed by atoms with Crippen LogP contribution in [0.3, 0.4) is 0 Å². The van der Waals surface area contributed by atoms with Gasteiger partial charge in [0.2, 0.25) is 5.91 Å². The molecule has 140 valence electrons. The number of nitro groups is 1. The predicted molar refractivity (Wildman–Crippen MR) is 97.1 cm³/mol. The summed E-state index contributed by atoms with van der Waals surface area (Å²) in [5.74, 6) is -0.159. The number of carbonyl (C=O) groups is 2. The Hall–Kier alpha value is -2.17. The van der Waals surface area contributed by atoms with Crippen LogP contribution in [0, 0.1) is 16.0 Å². The largest absolute Gasteiger partial charge is 0.327 e. The molecule has 9 nitrogen and oxygen atoms in total. The fraction of sp³-hybridized carbons (Fsp3) is 0.500. The molecule has 0 radical (unpaired) electrons. The molecule has 26 heavy (non-hydrogen) atoms. The zero-order chi connectivity index (χ0) is 19.0. The summed E-state index contributed by atoms with van der Waals surface area (Å²) in [5, 5.41) is 17.3. The zero-order valence-electron chi connectivity index (χ0n) is 14.7. The number of non-ortho nitro benzene ring substituents is 1. The molecule has 4 unspecified atom stereocenters. The van der Waals surface area contributed by atoms with Gasteiger partial charge in [0.25, 0.3) is 5.69 Å². The maximum Gasteiger partial charge on any atom is 0.327 e. The van der Waals surface area contributed by atoms with Crippen molar-refractivity contribution in [1.29, 1.82) is 0 Å². The highest BCUT2D eigenvalue weighted by molar-refractivity contribution is 7.99. The number of urea groups is 1. The molecule has 2 N–H and O–H groups in total. The van der Waals surface area contributed by atoms with Crippen LogP contribution in [0.25, 0.3) is 0 Å². The van der Waals surface area contributed by atoms with E-state index in [9.17, 15) is 19.7 Å². The Balaban J connectivity index is 1.78. The van der Waals surface area contributed by atoms with Crippen molar-refractivity contribution in [1.82, 2.24) is 20.4 Å². The van der Waals surface area contributed by atoms with Crippen LogP contribution in [0.1, 0.15) is 12.5 Å². The molecule has 1 aromatic carbocycles. The van der Waals surface area contributed by atoms with Crippen molar-refractivity contribution >= 4 is 29.4 Å². The molecule has 3 rings (SSSR count). The lowest BCUT2D eigenvalue weighted by Crippen LogP contribution is -2.73. The summed E-state index contributed by atoms with van der Waals surface area (Å²) in [6, 6.07) is 6.14. The van der Waals surface area contributed by atoms with E-state index < -0.39 is 10.8 Å². The number of nitro benzene ring substituents is 1. The molecule has 2 saturated heterocycles. The molecule has 10 heteroatoms. The molecule has 0 saturated carbocycles. The second-order valence-electron chi connectivity index (χ2n) is 6.47. The van der Waals surface area contributed by atoms with E-state index in [4.69, 9.17) is 0 Å². The maximum absolute atomic E-state index is 12.7. The van der Waals surface area contributed by atoms with Crippen LogP contribution < -0.4 is 10.6 Å². The monoisotopic (exact) mass is 379 g/mol. The minimum atomic E-state index is -0.442. The van der Waals surface area contributed by atoms with Crippen molar-refractivity contribution in [2.24, 2.45) is 5.92 Å². The molecular formula is C16H21N5O4S. The van der Waals surface area contributed by atoms with E-state index in [0.29, 0.717) is 5.75 Å². The van der Waals surface area contributed by atoms with Crippen molar-refractivity contribution < 1.29 is 14.5 Å². The number of hydrogen-bond donors (Lipinski definition) is 2. The van der Waals surface area contributed by atoms with Crippen LogP contribution in [0.4, 0.5) is 10.5 Å². The lowest BCUT2D eigenvalue weighted by atomic mass is 9.97. The first-order valence-electron chi connectivity index (χ1n) is 8.21. The Bertz CT molecular complexity index is 745. The number of imide groups is 1. The standard InChI is InChI=1S/C16H21N5O4S/c1-9-17-13-12(15(22)20(3)16(23)19(13)2)14(18-9)26-8-10-5-4-6-11(7-10)21(24)25/h4-7,9,12-14,17-18H,8H2,1-3H3.